The fraction of sp³-hybridized carbons (Fsp3) is 0.333. The number of benzene rings is 1. The van der Waals surface area contributed by atoms with Gasteiger partial charge in [0.15, 0.2) is 0 Å². The van der Waals surface area contributed by atoms with E-state index in [-0.39, 0.29) is 10.8 Å². The van der Waals surface area contributed by atoms with Crippen LogP contribution in [0.1, 0.15) is 31.7 Å². The summed E-state index contributed by atoms with van der Waals surface area (Å²) in [4.78, 5) is 14.3. The first-order chi connectivity index (χ1) is 8.98. The Bertz CT molecular complexity index is 613. The number of hydrogen-bond donors (Lipinski definition) is 1. The zero-order valence-electron chi connectivity index (χ0n) is 11.2. The molecule has 0 fully saturated rings. The Morgan fingerprint density at radius 2 is 2.16 bits per heavy atom. The van der Waals surface area contributed by atoms with Gasteiger partial charge in [-0.1, -0.05) is 24.3 Å². The maximum Gasteiger partial charge on any atom is 0.223 e. The van der Waals surface area contributed by atoms with Crippen molar-refractivity contribution in [2.45, 2.75) is 31.7 Å². The van der Waals surface area contributed by atoms with Crippen LogP contribution in [-0.2, 0) is 0 Å². The Balaban J connectivity index is 2.56. The molecular weight excluding hydrogens is 240 g/mol. The number of rotatable bonds is 5. The quantitative estimate of drug-likeness (QED) is 0.502. The fourth-order valence-electron chi connectivity index (χ4n) is 2.47. The standard InChI is InChI=1S/C15H18N2O2/c1-4-7-13(15(2,3)17(18)19)12-10-16-14-9-6-5-8-11(12)14/h4-6,8-10,13,16H,1,7H2,2-3H3. The number of aromatic amines is 1. The van der Waals surface area contributed by atoms with Gasteiger partial charge in [0.25, 0.3) is 0 Å². The second kappa shape index (κ2) is 4.88. The summed E-state index contributed by atoms with van der Waals surface area (Å²) in [6.07, 6.45) is 4.21. The third-order valence-corrected chi connectivity index (χ3v) is 3.72. The average Bonchev–Trinajstić information content (AvgIpc) is 2.79. The zero-order valence-corrected chi connectivity index (χ0v) is 11.2. The van der Waals surface area contributed by atoms with Gasteiger partial charge in [0.2, 0.25) is 5.54 Å². The predicted octanol–water partition coefficient (Wildman–Crippen LogP) is 3.88. The van der Waals surface area contributed by atoms with Crippen LogP contribution in [0.4, 0.5) is 0 Å². The molecule has 1 aromatic heterocycles. The van der Waals surface area contributed by atoms with Gasteiger partial charge in [0.1, 0.15) is 0 Å². The first kappa shape index (κ1) is 13.3. The van der Waals surface area contributed by atoms with Gasteiger partial charge in [-0.05, 0) is 18.1 Å². The van der Waals surface area contributed by atoms with Crippen LogP contribution in [0.3, 0.4) is 0 Å². The molecule has 0 saturated heterocycles. The molecule has 0 aliphatic heterocycles. The summed E-state index contributed by atoms with van der Waals surface area (Å²) in [5.74, 6) is -0.198. The van der Waals surface area contributed by atoms with E-state index in [0.29, 0.717) is 6.42 Å². The smallest absolute Gasteiger partial charge is 0.223 e. The highest BCUT2D eigenvalue weighted by atomic mass is 16.6. The number of hydrogen-bond acceptors (Lipinski definition) is 2. The number of aromatic nitrogens is 1. The Labute approximate surface area is 112 Å². The lowest BCUT2D eigenvalue weighted by molar-refractivity contribution is -0.565. The molecule has 4 heteroatoms. The van der Waals surface area contributed by atoms with E-state index in [1.165, 1.54) is 0 Å². The molecule has 0 saturated carbocycles. The lowest BCUT2D eigenvalue weighted by Gasteiger charge is -2.25. The molecule has 0 radical (unpaired) electrons. The number of nitro groups is 1. The van der Waals surface area contributed by atoms with Crippen LogP contribution >= 0.6 is 0 Å². The van der Waals surface area contributed by atoms with Crippen molar-refractivity contribution in [2.24, 2.45) is 0 Å². The summed E-state index contributed by atoms with van der Waals surface area (Å²) < 4.78 is 0. The molecule has 1 atom stereocenters. The number of nitrogens with one attached hydrogen (secondary N) is 1. The van der Waals surface area contributed by atoms with Crippen molar-refractivity contribution in [2.75, 3.05) is 0 Å². The molecule has 0 bridgehead atoms. The Kier molecular flexibility index (Phi) is 3.42. The van der Waals surface area contributed by atoms with E-state index in [9.17, 15) is 10.1 Å². The lowest BCUT2D eigenvalue weighted by atomic mass is 9.80. The highest BCUT2D eigenvalue weighted by molar-refractivity contribution is 5.83. The fourth-order valence-corrected chi connectivity index (χ4v) is 2.47. The van der Waals surface area contributed by atoms with E-state index in [0.717, 1.165) is 16.5 Å². The average molecular weight is 258 g/mol. The minimum absolute atomic E-state index is 0.198. The molecule has 0 amide bonds. The van der Waals surface area contributed by atoms with Gasteiger partial charge in [-0.2, -0.15) is 0 Å². The van der Waals surface area contributed by atoms with E-state index in [1.54, 1.807) is 19.9 Å². The normalized spacial score (nSPS) is 13.4. The molecule has 1 heterocycles. The minimum Gasteiger partial charge on any atom is -0.361 e. The maximum atomic E-state index is 11.3. The molecule has 4 nitrogen and oxygen atoms in total. The summed E-state index contributed by atoms with van der Waals surface area (Å²) >= 11 is 0. The van der Waals surface area contributed by atoms with Gasteiger partial charge >= 0.3 is 0 Å². The molecule has 0 aliphatic carbocycles. The number of allylic oxidation sites excluding steroid dienone is 1. The molecule has 0 aliphatic rings. The van der Waals surface area contributed by atoms with Crippen molar-refractivity contribution in [1.82, 2.24) is 4.98 Å². The molecule has 1 aromatic carbocycles. The summed E-state index contributed by atoms with van der Waals surface area (Å²) in [6.45, 7) is 7.07. The van der Waals surface area contributed by atoms with E-state index in [2.05, 4.69) is 11.6 Å². The van der Waals surface area contributed by atoms with Gasteiger partial charge in [0.05, 0.1) is 5.92 Å². The van der Waals surface area contributed by atoms with E-state index in [1.807, 2.05) is 30.5 Å². The number of nitrogens with zero attached hydrogens (tertiary/aromatic N) is 1. The highest BCUT2D eigenvalue weighted by Gasteiger charge is 2.41. The molecule has 0 spiro atoms. The van der Waals surface area contributed by atoms with Crippen molar-refractivity contribution in [3.8, 4) is 0 Å². The molecule has 100 valence electrons. The van der Waals surface area contributed by atoms with Crippen LogP contribution in [0.25, 0.3) is 10.9 Å². The van der Waals surface area contributed by atoms with Gasteiger partial charge in [-0.3, -0.25) is 10.1 Å². The van der Waals surface area contributed by atoms with Gasteiger partial charge < -0.3 is 4.98 Å². The van der Waals surface area contributed by atoms with Crippen LogP contribution in [0.5, 0.6) is 0 Å². The lowest BCUT2D eigenvalue weighted by Crippen LogP contribution is -2.37. The van der Waals surface area contributed by atoms with Crippen LogP contribution in [-0.4, -0.2) is 15.4 Å². The summed E-state index contributed by atoms with van der Waals surface area (Å²) in [5, 5.41) is 12.4. The SMILES string of the molecule is C=CCC(c1c[nH]c2ccccc12)C(C)(C)[N+](=O)[O-]. The second-order valence-corrected chi connectivity index (χ2v) is 5.28. The van der Waals surface area contributed by atoms with Crippen LogP contribution < -0.4 is 0 Å². The van der Waals surface area contributed by atoms with Gasteiger partial charge in [-0.15, -0.1) is 6.58 Å². The second-order valence-electron chi connectivity index (χ2n) is 5.28. The van der Waals surface area contributed by atoms with Gasteiger partial charge in [-0.25, -0.2) is 0 Å². The third kappa shape index (κ3) is 2.26. The van der Waals surface area contributed by atoms with E-state index < -0.39 is 5.54 Å². The number of para-hydroxylation sites is 1. The number of H-pyrrole nitrogens is 1. The Hall–Kier alpha value is -2.10. The topological polar surface area (TPSA) is 58.9 Å². The summed E-state index contributed by atoms with van der Waals surface area (Å²) in [6, 6.07) is 7.86. The largest absolute Gasteiger partial charge is 0.361 e. The highest BCUT2D eigenvalue weighted by Crippen LogP contribution is 2.37. The van der Waals surface area contributed by atoms with Crippen LogP contribution in [0.15, 0.2) is 43.1 Å². The van der Waals surface area contributed by atoms with Crippen molar-refractivity contribution in [1.29, 1.82) is 0 Å². The molecular formula is C15H18N2O2. The number of fused-ring (bicyclic) bond motifs is 1. The zero-order chi connectivity index (χ0) is 14.0. The van der Waals surface area contributed by atoms with Crippen molar-refractivity contribution < 1.29 is 4.92 Å². The molecule has 19 heavy (non-hydrogen) atoms. The molecule has 1 unspecified atom stereocenters. The maximum absolute atomic E-state index is 11.3. The summed E-state index contributed by atoms with van der Waals surface area (Å²) in [7, 11) is 0. The van der Waals surface area contributed by atoms with Gasteiger partial charge in [0, 0.05) is 35.9 Å². The Morgan fingerprint density at radius 3 is 2.79 bits per heavy atom. The van der Waals surface area contributed by atoms with Crippen molar-refractivity contribution >= 4 is 10.9 Å². The van der Waals surface area contributed by atoms with E-state index in [4.69, 9.17) is 0 Å². The molecule has 1 N–H and O–H groups in total. The Morgan fingerprint density at radius 1 is 1.47 bits per heavy atom. The first-order valence-corrected chi connectivity index (χ1v) is 6.30. The van der Waals surface area contributed by atoms with Crippen LogP contribution in [0, 0.1) is 10.1 Å². The first-order valence-electron chi connectivity index (χ1n) is 6.30. The van der Waals surface area contributed by atoms with Crippen LogP contribution in [0.2, 0.25) is 0 Å². The summed E-state index contributed by atoms with van der Waals surface area (Å²) in [5.41, 5.74) is 0.960. The molecule has 2 rings (SSSR count). The van der Waals surface area contributed by atoms with Crippen molar-refractivity contribution in [3.63, 3.8) is 0 Å². The molecule has 2 aromatic rings. The monoisotopic (exact) mass is 258 g/mol. The predicted molar refractivity (Wildman–Crippen MR) is 76.9 cm³/mol. The third-order valence-electron chi connectivity index (χ3n) is 3.72. The minimum atomic E-state index is -1.03. The van der Waals surface area contributed by atoms with E-state index >= 15 is 0 Å². The van der Waals surface area contributed by atoms with Crippen molar-refractivity contribution in [3.05, 3.63) is 58.8 Å².